The number of aromatic amines is 1. The Morgan fingerprint density at radius 1 is 1.00 bits per heavy atom. The maximum Gasteiger partial charge on any atom is 0.392 e. The lowest BCUT2D eigenvalue weighted by atomic mass is 9.83. The number of halogens is 3. The number of imidazole rings is 1. The Labute approximate surface area is 209 Å². The van der Waals surface area contributed by atoms with Crippen LogP contribution in [0.15, 0.2) is 65.4 Å². The van der Waals surface area contributed by atoms with Crippen LogP contribution in [0.3, 0.4) is 0 Å². The SMILES string of the molecule is Cc1noc(C)c1-c1cc(C(O)(c2ccccn2)c2ccccn2)c2nc(C3CC3C(F)(F)F)[nH]c2c1. The van der Waals surface area contributed by atoms with Gasteiger partial charge in [0.1, 0.15) is 11.6 Å². The van der Waals surface area contributed by atoms with Gasteiger partial charge in [-0.05, 0) is 62.2 Å². The van der Waals surface area contributed by atoms with E-state index < -0.39 is 23.6 Å². The summed E-state index contributed by atoms with van der Waals surface area (Å²) in [6.07, 6.45) is -1.20. The highest BCUT2D eigenvalue weighted by Gasteiger charge is 2.57. The van der Waals surface area contributed by atoms with Crippen LogP contribution in [0.2, 0.25) is 0 Å². The largest absolute Gasteiger partial charge is 0.392 e. The highest BCUT2D eigenvalue weighted by atomic mass is 19.4. The van der Waals surface area contributed by atoms with Gasteiger partial charge in [0.15, 0.2) is 5.60 Å². The van der Waals surface area contributed by atoms with Crippen molar-refractivity contribution >= 4 is 11.0 Å². The summed E-state index contributed by atoms with van der Waals surface area (Å²) in [5.41, 5.74) is 1.95. The van der Waals surface area contributed by atoms with E-state index in [0.29, 0.717) is 45.0 Å². The topological polar surface area (TPSA) is 101 Å². The first-order valence-corrected chi connectivity index (χ1v) is 11.8. The zero-order valence-corrected chi connectivity index (χ0v) is 19.9. The van der Waals surface area contributed by atoms with Crippen LogP contribution >= 0.6 is 0 Å². The molecule has 1 saturated carbocycles. The maximum absolute atomic E-state index is 13.4. The van der Waals surface area contributed by atoms with Crippen molar-refractivity contribution < 1.29 is 22.8 Å². The van der Waals surface area contributed by atoms with E-state index in [0.717, 1.165) is 5.56 Å². The first kappa shape index (κ1) is 23.4. The third kappa shape index (κ3) is 3.79. The van der Waals surface area contributed by atoms with Crippen molar-refractivity contribution in [3.8, 4) is 11.1 Å². The number of fused-ring (bicyclic) bond motifs is 1. The standard InChI is InChI=1S/C27H22F3N5O2/c1-14-23(15(2)37-35-14)16-11-19(24-20(12-16)33-25(34-24)17-13-18(17)27(28,29)30)26(36,21-7-3-5-9-31-21)22-8-4-6-10-32-22/h3-12,17-18,36H,13H2,1-2H3,(H,33,34). The highest BCUT2D eigenvalue weighted by Crippen LogP contribution is 2.56. The number of benzene rings is 1. The Morgan fingerprint density at radius 2 is 1.68 bits per heavy atom. The van der Waals surface area contributed by atoms with Crippen LogP contribution in [0, 0.1) is 19.8 Å². The molecular formula is C27H22F3N5O2. The Bertz CT molecular complexity index is 1540. The van der Waals surface area contributed by atoms with Gasteiger partial charge in [0, 0.05) is 29.4 Å². The second kappa shape index (κ2) is 8.24. The van der Waals surface area contributed by atoms with Gasteiger partial charge in [-0.15, -0.1) is 0 Å². The summed E-state index contributed by atoms with van der Waals surface area (Å²) in [4.78, 5) is 16.6. The van der Waals surface area contributed by atoms with E-state index in [9.17, 15) is 18.3 Å². The van der Waals surface area contributed by atoms with E-state index in [-0.39, 0.29) is 12.2 Å². The molecule has 1 aromatic carbocycles. The quantitative estimate of drug-likeness (QED) is 0.324. The third-order valence-corrected chi connectivity index (χ3v) is 6.95. The second-order valence-electron chi connectivity index (χ2n) is 9.37. The lowest BCUT2D eigenvalue weighted by molar-refractivity contribution is -0.148. The maximum atomic E-state index is 13.4. The molecule has 5 aromatic rings. The Kier molecular flexibility index (Phi) is 5.20. The number of H-pyrrole nitrogens is 1. The highest BCUT2D eigenvalue weighted by molar-refractivity contribution is 5.88. The minimum absolute atomic E-state index is 0.0277. The normalized spacial score (nSPS) is 17.9. The number of alkyl halides is 3. The fourth-order valence-electron chi connectivity index (χ4n) is 5.05. The van der Waals surface area contributed by atoms with Gasteiger partial charge in [0.2, 0.25) is 0 Å². The van der Waals surface area contributed by atoms with Gasteiger partial charge < -0.3 is 14.6 Å². The molecule has 6 rings (SSSR count). The van der Waals surface area contributed by atoms with Gasteiger partial charge in [-0.1, -0.05) is 17.3 Å². The zero-order chi connectivity index (χ0) is 25.9. The number of hydrogen-bond acceptors (Lipinski definition) is 6. The number of nitrogens with one attached hydrogen (secondary N) is 1. The van der Waals surface area contributed by atoms with Gasteiger partial charge in [-0.3, -0.25) is 9.97 Å². The molecule has 2 atom stereocenters. The number of hydrogen-bond donors (Lipinski definition) is 2. The van der Waals surface area contributed by atoms with E-state index in [4.69, 9.17) is 4.52 Å². The lowest BCUT2D eigenvalue weighted by Crippen LogP contribution is -2.31. The van der Waals surface area contributed by atoms with Crippen molar-refractivity contribution in [2.75, 3.05) is 0 Å². The van der Waals surface area contributed by atoms with Crippen molar-refractivity contribution in [1.82, 2.24) is 25.1 Å². The first-order chi connectivity index (χ1) is 17.7. The second-order valence-corrected chi connectivity index (χ2v) is 9.37. The average Bonchev–Trinajstić information content (AvgIpc) is 3.50. The molecule has 4 aromatic heterocycles. The molecule has 7 nitrogen and oxygen atoms in total. The monoisotopic (exact) mass is 505 g/mol. The predicted octanol–water partition coefficient (Wildman–Crippen LogP) is 5.57. The van der Waals surface area contributed by atoms with Crippen molar-refractivity contribution in [1.29, 1.82) is 0 Å². The van der Waals surface area contributed by atoms with Gasteiger partial charge >= 0.3 is 6.18 Å². The molecule has 4 heterocycles. The van der Waals surface area contributed by atoms with Gasteiger partial charge in [0.25, 0.3) is 0 Å². The number of aliphatic hydroxyl groups is 1. The summed E-state index contributed by atoms with van der Waals surface area (Å²) in [6, 6.07) is 13.9. The van der Waals surface area contributed by atoms with Crippen LogP contribution in [-0.4, -0.2) is 36.4 Å². The number of nitrogens with zero attached hydrogens (tertiary/aromatic N) is 4. The van der Waals surface area contributed by atoms with E-state index in [1.54, 1.807) is 74.8 Å². The van der Waals surface area contributed by atoms with E-state index in [1.807, 2.05) is 0 Å². The van der Waals surface area contributed by atoms with E-state index >= 15 is 0 Å². The molecular weight excluding hydrogens is 483 g/mol. The van der Waals surface area contributed by atoms with E-state index in [2.05, 4.69) is 25.1 Å². The summed E-state index contributed by atoms with van der Waals surface area (Å²) in [5.74, 6) is -1.40. The summed E-state index contributed by atoms with van der Waals surface area (Å²) >= 11 is 0. The molecule has 188 valence electrons. The minimum atomic E-state index is -4.29. The Hall–Kier alpha value is -4.05. The number of aryl methyl sites for hydroxylation is 2. The molecule has 37 heavy (non-hydrogen) atoms. The van der Waals surface area contributed by atoms with Gasteiger partial charge in [-0.2, -0.15) is 13.2 Å². The molecule has 0 spiro atoms. The molecule has 0 aliphatic heterocycles. The van der Waals surface area contributed by atoms with Gasteiger partial charge in [0.05, 0.1) is 34.0 Å². The van der Waals surface area contributed by atoms with Crippen molar-refractivity contribution in [3.63, 3.8) is 0 Å². The molecule has 10 heteroatoms. The molecule has 0 saturated heterocycles. The fraction of sp³-hybridized carbons (Fsp3) is 0.259. The third-order valence-electron chi connectivity index (χ3n) is 6.95. The lowest BCUT2D eigenvalue weighted by Gasteiger charge is -2.28. The van der Waals surface area contributed by atoms with Gasteiger partial charge in [-0.25, -0.2) is 4.98 Å². The van der Waals surface area contributed by atoms with Crippen LogP contribution in [0.4, 0.5) is 13.2 Å². The molecule has 0 bridgehead atoms. The summed E-state index contributed by atoms with van der Waals surface area (Å²) in [5, 5.41) is 16.5. The first-order valence-electron chi connectivity index (χ1n) is 11.8. The van der Waals surface area contributed by atoms with Crippen molar-refractivity contribution in [2.45, 2.75) is 38.0 Å². The summed E-state index contributed by atoms with van der Waals surface area (Å²) in [7, 11) is 0. The molecule has 2 unspecified atom stereocenters. The molecule has 0 amide bonds. The number of aromatic nitrogens is 5. The molecule has 1 aliphatic rings. The molecule has 1 aliphatic carbocycles. The number of rotatable bonds is 5. The van der Waals surface area contributed by atoms with Crippen LogP contribution < -0.4 is 0 Å². The Balaban J connectivity index is 1.64. The predicted molar refractivity (Wildman–Crippen MR) is 129 cm³/mol. The molecule has 1 fully saturated rings. The molecule has 0 radical (unpaired) electrons. The average molecular weight is 506 g/mol. The van der Waals surface area contributed by atoms with Crippen LogP contribution in [-0.2, 0) is 5.60 Å². The minimum Gasteiger partial charge on any atom is -0.373 e. The summed E-state index contributed by atoms with van der Waals surface area (Å²) in [6.45, 7) is 3.58. The van der Waals surface area contributed by atoms with Crippen LogP contribution in [0.1, 0.15) is 46.6 Å². The fourth-order valence-corrected chi connectivity index (χ4v) is 5.05. The van der Waals surface area contributed by atoms with Crippen LogP contribution in [0.25, 0.3) is 22.2 Å². The molecule has 2 N–H and O–H groups in total. The van der Waals surface area contributed by atoms with Crippen molar-refractivity contribution in [2.24, 2.45) is 5.92 Å². The number of pyridine rings is 2. The van der Waals surface area contributed by atoms with E-state index in [1.165, 1.54) is 0 Å². The van der Waals surface area contributed by atoms with Crippen LogP contribution in [0.5, 0.6) is 0 Å². The Morgan fingerprint density at radius 3 is 2.19 bits per heavy atom. The zero-order valence-electron chi connectivity index (χ0n) is 19.9. The summed E-state index contributed by atoms with van der Waals surface area (Å²) < 4.78 is 45.5. The van der Waals surface area contributed by atoms with Crippen molar-refractivity contribution in [3.05, 3.63) is 95.2 Å². The smallest absolute Gasteiger partial charge is 0.373 e.